The summed E-state index contributed by atoms with van der Waals surface area (Å²) in [5.41, 5.74) is 2.37. The minimum atomic E-state index is 0.125. The molecule has 4 fully saturated rings. The zero-order chi connectivity index (χ0) is 17.9. The normalized spacial score (nSPS) is 33.5. The van der Waals surface area contributed by atoms with Gasteiger partial charge in [0, 0.05) is 6.04 Å². The first kappa shape index (κ1) is 16.3. The molecule has 4 bridgehead atoms. The number of rotatable bonds is 4. The SMILES string of the molecule is Cc1nc2ccccc2n1CC(=O)N[C@@H](C)C12CC3CC(CC(C3)C1)C2. The molecule has 6 rings (SSSR count). The molecule has 1 aromatic heterocycles. The van der Waals surface area contributed by atoms with Crippen LogP contribution in [-0.2, 0) is 11.3 Å². The molecule has 0 spiro atoms. The predicted molar refractivity (Wildman–Crippen MR) is 103 cm³/mol. The standard InChI is InChI=1S/C22H29N3O/c1-14(22-10-16-7-17(11-22)9-18(8-16)12-22)23-21(26)13-25-15(2)24-19-5-3-4-6-20(19)25/h3-6,14,16-18H,7-13H2,1-2H3,(H,23,26)/t14-,16?,17?,18?,22?/m0/s1. The molecule has 26 heavy (non-hydrogen) atoms. The van der Waals surface area contributed by atoms with Crippen molar-refractivity contribution in [1.29, 1.82) is 0 Å². The van der Waals surface area contributed by atoms with Gasteiger partial charge in [0.1, 0.15) is 12.4 Å². The minimum absolute atomic E-state index is 0.125. The molecule has 1 atom stereocenters. The number of fused-ring (bicyclic) bond motifs is 1. The van der Waals surface area contributed by atoms with E-state index in [0.717, 1.165) is 34.6 Å². The Hall–Kier alpha value is -1.84. The third-order valence-corrected chi connectivity index (χ3v) is 7.53. The Kier molecular flexibility index (Phi) is 3.67. The van der Waals surface area contributed by atoms with Gasteiger partial charge >= 0.3 is 0 Å². The minimum Gasteiger partial charge on any atom is -0.352 e. The topological polar surface area (TPSA) is 46.9 Å². The first-order valence-corrected chi connectivity index (χ1v) is 10.2. The lowest BCUT2D eigenvalue weighted by Crippen LogP contribution is -2.56. The monoisotopic (exact) mass is 351 g/mol. The Balaban J connectivity index is 1.32. The molecular weight excluding hydrogens is 322 g/mol. The van der Waals surface area contributed by atoms with Crippen molar-refractivity contribution in [2.45, 2.75) is 65.0 Å². The third kappa shape index (κ3) is 2.57. The molecule has 0 radical (unpaired) electrons. The van der Waals surface area contributed by atoms with E-state index in [9.17, 15) is 4.79 Å². The highest BCUT2D eigenvalue weighted by atomic mass is 16.2. The van der Waals surface area contributed by atoms with Gasteiger partial charge in [0.25, 0.3) is 0 Å². The maximum absolute atomic E-state index is 12.9. The molecule has 4 aliphatic carbocycles. The zero-order valence-corrected chi connectivity index (χ0v) is 15.9. The quantitative estimate of drug-likeness (QED) is 0.903. The van der Waals surface area contributed by atoms with Gasteiger partial charge in [-0.15, -0.1) is 0 Å². The fraction of sp³-hybridized carbons (Fsp3) is 0.636. The zero-order valence-electron chi connectivity index (χ0n) is 15.9. The van der Waals surface area contributed by atoms with E-state index in [1.807, 2.05) is 35.8 Å². The number of carbonyl (C=O) groups excluding carboxylic acids is 1. The third-order valence-electron chi connectivity index (χ3n) is 7.53. The van der Waals surface area contributed by atoms with Gasteiger partial charge in [-0.05, 0) is 87.7 Å². The van der Waals surface area contributed by atoms with Gasteiger partial charge in [-0.3, -0.25) is 4.79 Å². The van der Waals surface area contributed by atoms with E-state index in [1.165, 1.54) is 38.5 Å². The Labute approximate surface area is 155 Å². The van der Waals surface area contributed by atoms with Crippen molar-refractivity contribution in [3.8, 4) is 0 Å². The smallest absolute Gasteiger partial charge is 0.240 e. The fourth-order valence-electron chi connectivity index (χ4n) is 6.69. The molecule has 1 aromatic carbocycles. The molecule has 2 aromatic rings. The number of hydrogen-bond acceptors (Lipinski definition) is 2. The molecule has 4 heteroatoms. The Bertz CT molecular complexity index is 817. The molecule has 0 aliphatic heterocycles. The lowest BCUT2D eigenvalue weighted by molar-refractivity contribution is -0.126. The van der Waals surface area contributed by atoms with Gasteiger partial charge in [0.15, 0.2) is 0 Å². The average Bonchev–Trinajstić information content (AvgIpc) is 2.89. The number of para-hydroxylation sites is 2. The fourth-order valence-corrected chi connectivity index (χ4v) is 6.69. The van der Waals surface area contributed by atoms with E-state index in [2.05, 4.69) is 17.2 Å². The van der Waals surface area contributed by atoms with Crippen LogP contribution in [0.5, 0.6) is 0 Å². The number of carbonyl (C=O) groups is 1. The van der Waals surface area contributed by atoms with Gasteiger partial charge in [-0.2, -0.15) is 0 Å². The van der Waals surface area contributed by atoms with Crippen LogP contribution < -0.4 is 5.32 Å². The number of nitrogens with zero attached hydrogens (tertiary/aromatic N) is 2. The summed E-state index contributed by atoms with van der Waals surface area (Å²) in [6.45, 7) is 4.60. The van der Waals surface area contributed by atoms with E-state index in [4.69, 9.17) is 0 Å². The molecular formula is C22H29N3O. The predicted octanol–water partition coefficient (Wildman–Crippen LogP) is 4.07. The summed E-state index contributed by atoms with van der Waals surface area (Å²) in [6, 6.07) is 8.34. The van der Waals surface area contributed by atoms with Crippen LogP contribution in [0.1, 0.15) is 51.3 Å². The molecule has 0 saturated heterocycles. The lowest BCUT2D eigenvalue weighted by atomic mass is 9.48. The highest BCUT2D eigenvalue weighted by Crippen LogP contribution is 2.61. The molecule has 4 nitrogen and oxygen atoms in total. The number of aryl methyl sites for hydroxylation is 1. The van der Waals surface area contributed by atoms with Crippen LogP contribution in [0.25, 0.3) is 11.0 Å². The highest BCUT2D eigenvalue weighted by molar-refractivity contribution is 5.81. The van der Waals surface area contributed by atoms with Crippen LogP contribution in [0.2, 0.25) is 0 Å². The first-order chi connectivity index (χ1) is 12.5. The second-order valence-electron chi connectivity index (χ2n) is 9.30. The molecule has 1 amide bonds. The van der Waals surface area contributed by atoms with Crippen LogP contribution in [-0.4, -0.2) is 21.5 Å². The number of aromatic nitrogens is 2. The van der Waals surface area contributed by atoms with E-state index >= 15 is 0 Å². The number of benzene rings is 1. The number of amides is 1. The molecule has 138 valence electrons. The molecule has 1 N–H and O–H groups in total. The number of imidazole rings is 1. The molecule has 0 unspecified atom stereocenters. The van der Waals surface area contributed by atoms with E-state index in [0.29, 0.717) is 12.0 Å². The van der Waals surface area contributed by atoms with Crippen LogP contribution in [0, 0.1) is 30.1 Å². The summed E-state index contributed by atoms with van der Waals surface area (Å²) in [4.78, 5) is 17.4. The van der Waals surface area contributed by atoms with Crippen LogP contribution in [0.3, 0.4) is 0 Å². The summed E-state index contributed by atoms with van der Waals surface area (Å²) in [6.07, 6.45) is 8.31. The molecule has 4 saturated carbocycles. The van der Waals surface area contributed by atoms with E-state index in [-0.39, 0.29) is 11.9 Å². The number of nitrogens with one attached hydrogen (secondary N) is 1. The number of hydrogen-bond donors (Lipinski definition) is 1. The largest absolute Gasteiger partial charge is 0.352 e. The lowest BCUT2D eigenvalue weighted by Gasteiger charge is -2.59. The summed E-state index contributed by atoms with van der Waals surface area (Å²) in [5, 5.41) is 3.38. The summed E-state index contributed by atoms with van der Waals surface area (Å²) >= 11 is 0. The average molecular weight is 351 g/mol. The van der Waals surface area contributed by atoms with Gasteiger partial charge < -0.3 is 9.88 Å². The van der Waals surface area contributed by atoms with Crippen molar-refractivity contribution in [1.82, 2.24) is 14.9 Å². The summed E-state index contributed by atoms with van der Waals surface area (Å²) < 4.78 is 2.04. The molecule has 4 aliphatic rings. The van der Waals surface area contributed by atoms with Crippen molar-refractivity contribution < 1.29 is 4.79 Å². The van der Waals surface area contributed by atoms with Crippen molar-refractivity contribution in [3.63, 3.8) is 0 Å². The Morgan fingerprint density at radius 1 is 1.19 bits per heavy atom. The van der Waals surface area contributed by atoms with E-state index in [1.54, 1.807) is 0 Å². The van der Waals surface area contributed by atoms with Crippen molar-refractivity contribution in [3.05, 3.63) is 30.1 Å². The van der Waals surface area contributed by atoms with Gasteiger partial charge in [0.05, 0.1) is 11.0 Å². The van der Waals surface area contributed by atoms with Crippen molar-refractivity contribution >= 4 is 16.9 Å². The first-order valence-electron chi connectivity index (χ1n) is 10.2. The second kappa shape index (κ2) is 5.83. The van der Waals surface area contributed by atoms with Gasteiger partial charge in [0.2, 0.25) is 5.91 Å². The van der Waals surface area contributed by atoms with Crippen LogP contribution in [0.15, 0.2) is 24.3 Å². The second-order valence-corrected chi connectivity index (χ2v) is 9.30. The maximum Gasteiger partial charge on any atom is 0.240 e. The summed E-state index contributed by atoms with van der Waals surface area (Å²) in [5.74, 6) is 3.78. The van der Waals surface area contributed by atoms with Crippen molar-refractivity contribution in [2.75, 3.05) is 0 Å². The van der Waals surface area contributed by atoms with Gasteiger partial charge in [-0.25, -0.2) is 4.98 Å². The highest BCUT2D eigenvalue weighted by Gasteiger charge is 2.53. The van der Waals surface area contributed by atoms with Crippen molar-refractivity contribution in [2.24, 2.45) is 23.2 Å². The molecule has 1 heterocycles. The van der Waals surface area contributed by atoms with Crippen LogP contribution >= 0.6 is 0 Å². The maximum atomic E-state index is 12.9. The Morgan fingerprint density at radius 2 is 1.81 bits per heavy atom. The van der Waals surface area contributed by atoms with Crippen LogP contribution in [0.4, 0.5) is 0 Å². The summed E-state index contributed by atoms with van der Waals surface area (Å²) in [7, 11) is 0. The van der Waals surface area contributed by atoms with Gasteiger partial charge in [-0.1, -0.05) is 12.1 Å². The Morgan fingerprint density at radius 3 is 2.46 bits per heavy atom. The van der Waals surface area contributed by atoms with E-state index < -0.39 is 0 Å².